The predicted molar refractivity (Wildman–Crippen MR) is 80.8 cm³/mol. The molecule has 0 aromatic rings. The fraction of sp³-hybridized carbons (Fsp3) is 0.857. The maximum Gasteiger partial charge on any atom is 0.225 e. The van der Waals surface area contributed by atoms with E-state index in [-0.39, 0.29) is 30.1 Å². The Balaban J connectivity index is 0.00000200. The number of hydrogen-bond acceptors (Lipinski definition) is 3. The minimum atomic E-state index is 0. The van der Waals surface area contributed by atoms with Crippen LogP contribution in [0.25, 0.3) is 0 Å². The van der Waals surface area contributed by atoms with Gasteiger partial charge in [0.2, 0.25) is 11.8 Å². The van der Waals surface area contributed by atoms with Crippen LogP contribution in [-0.2, 0) is 9.59 Å². The van der Waals surface area contributed by atoms with Crippen LogP contribution >= 0.6 is 12.4 Å². The number of nitrogens with one attached hydrogen (secondary N) is 1. The van der Waals surface area contributed by atoms with Gasteiger partial charge < -0.3 is 15.1 Å². The molecule has 116 valence electrons. The molecule has 0 bridgehead atoms. The highest BCUT2D eigenvalue weighted by Crippen LogP contribution is 2.15. The molecule has 0 aromatic heterocycles. The van der Waals surface area contributed by atoms with Crippen LogP contribution in [0.5, 0.6) is 0 Å². The molecular formula is C14H26ClN3O2. The minimum Gasteiger partial charge on any atom is -0.339 e. The van der Waals surface area contributed by atoms with Crippen LogP contribution in [0.2, 0.25) is 0 Å². The maximum atomic E-state index is 12.2. The third-order valence-corrected chi connectivity index (χ3v) is 4.06. The van der Waals surface area contributed by atoms with Crippen molar-refractivity contribution in [2.45, 2.75) is 26.7 Å². The van der Waals surface area contributed by atoms with Gasteiger partial charge >= 0.3 is 0 Å². The van der Waals surface area contributed by atoms with Gasteiger partial charge in [0.05, 0.1) is 0 Å². The van der Waals surface area contributed by atoms with Gasteiger partial charge in [-0.15, -0.1) is 12.4 Å². The molecule has 0 spiro atoms. The van der Waals surface area contributed by atoms with Crippen molar-refractivity contribution in [3.63, 3.8) is 0 Å². The summed E-state index contributed by atoms with van der Waals surface area (Å²) in [4.78, 5) is 27.8. The average molecular weight is 304 g/mol. The minimum absolute atomic E-state index is 0. The van der Waals surface area contributed by atoms with Gasteiger partial charge in [-0.3, -0.25) is 9.59 Å². The zero-order chi connectivity index (χ0) is 13.8. The molecule has 2 heterocycles. The Labute approximate surface area is 127 Å². The summed E-state index contributed by atoms with van der Waals surface area (Å²) < 4.78 is 0. The van der Waals surface area contributed by atoms with Gasteiger partial charge in [-0.05, 0) is 25.4 Å². The van der Waals surface area contributed by atoms with Crippen molar-refractivity contribution in [3.05, 3.63) is 0 Å². The molecule has 0 radical (unpaired) electrons. The van der Waals surface area contributed by atoms with Crippen LogP contribution in [0, 0.1) is 11.8 Å². The molecule has 1 N–H and O–H groups in total. The van der Waals surface area contributed by atoms with E-state index in [1.807, 2.05) is 23.6 Å². The van der Waals surface area contributed by atoms with Crippen LogP contribution in [0.15, 0.2) is 0 Å². The highest BCUT2D eigenvalue weighted by molar-refractivity contribution is 5.85. The lowest BCUT2D eigenvalue weighted by molar-refractivity contribution is -0.141. The predicted octanol–water partition coefficient (Wildman–Crippen LogP) is 0.735. The smallest absolute Gasteiger partial charge is 0.225 e. The summed E-state index contributed by atoms with van der Waals surface area (Å²) in [5.74, 6) is 1.01. The van der Waals surface area contributed by atoms with E-state index in [1.54, 1.807) is 0 Å². The summed E-state index contributed by atoms with van der Waals surface area (Å²) >= 11 is 0. The normalized spacial score (nSPS) is 22.9. The molecule has 2 saturated heterocycles. The first-order valence-electron chi connectivity index (χ1n) is 7.35. The third kappa shape index (κ3) is 4.35. The fourth-order valence-electron chi connectivity index (χ4n) is 2.81. The fourth-order valence-corrected chi connectivity index (χ4v) is 2.81. The number of carbonyl (C=O) groups excluding carboxylic acids is 2. The Morgan fingerprint density at radius 2 is 1.75 bits per heavy atom. The molecule has 2 rings (SSSR count). The summed E-state index contributed by atoms with van der Waals surface area (Å²) in [6, 6.07) is 0. The van der Waals surface area contributed by atoms with Crippen molar-refractivity contribution >= 4 is 24.2 Å². The summed E-state index contributed by atoms with van der Waals surface area (Å²) in [6.45, 7) is 8.61. The van der Waals surface area contributed by atoms with E-state index in [9.17, 15) is 9.59 Å². The van der Waals surface area contributed by atoms with Crippen molar-refractivity contribution < 1.29 is 9.59 Å². The van der Waals surface area contributed by atoms with E-state index in [0.717, 1.165) is 19.5 Å². The molecule has 1 atom stereocenters. The standard InChI is InChI=1S/C14H25N3O2.ClH/c1-11(2)14(19)17-7-5-16(6-8-17)13(18)9-12-3-4-15-10-12;/h11-12,15H,3-10H2,1-2H3;1H. The van der Waals surface area contributed by atoms with Crippen molar-refractivity contribution in [2.24, 2.45) is 11.8 Å². The number of nitrogens with zero attached hydrogens (tertiary/aromatic N) is 2. The Bertz CT molecular complexity index is 335. The average Bonchev–Trinajstić information content (AvgIpc) is 2.90. The van der Waals surface area contributed by atoms with E-state index >= 15 is 0 Å². The molecule has 5 nitrogen and oxygen atoms in total. The van der Waals surface area contributed by atoms with Gasteiger partial charge in [0, 0.05) is 38.5 Å². The molecule has 0 aliphatic carbocycles. The second kappa shape index (κ2) is 7.84. The van der Waals surface area contributed by atoms with Gasteiger partial charge in [0.15, 0.2) is 0 Å². The van der Waals surface area contributed by atoms with E-state index < -0.39 is 0 Å². The third-order valence-electron chi connectivity index (χ3n) is 4.06. The molecule has 1 unspecified atom stereocenters. The second-order valence-electron chi connectivity index (χ2n) is 5.92. The topological polar surface area (TPSA) is 52.7 Å². The molecule has 20 heavy (non-hydrogen) atoms. The first-order chi connectivity index (χ1) is 9.08. The van der Waals surface area contributed by atoms with Crippen LogP contribution < -0.4 is 5.32 Å². The van der Waals surface area contributed by atoms with Crippen molar-refractivity contribution in [3.8, 4) is 0 Å². The van der Waals surface area contributed by atoms with Crippen molar-refractivity contribution in [2.75, 3.05) is 39.3 Å². The van der Waals surface area contributed by atoms with Crippen molar-refractivity contribution in [1.29, 1.82) is 0 Å². The summed E-state index contributed by atoms with van der Waals surface area (Å²) in [7, 11) is 0. The molecule has 2 aliphatic rings. The lowest BCUT2D eigenvalue weighted by Gasteiger charge is -2.36. The number of rotatable bonds is 3. The number of piperazine rings is 1. The highest BCUT2D eigenvalue weighted by Gasteiger charge is 2.27. The monoisotopic (exact) mass is 303 g/mol. The Hall–Kier alpha value is -0.810. The zero-order valence-electron chi connectivity index (χ0n) is 12.4. The lowest BCUT2D eigenvalue weighted by Crippen LogP contribution is -2.51. The van der Waals surface area contributed by atoms with E-state index in [2.05, 4.69) is 5.32 Å². The zero-order valence-corrected chi connectivity index (χ0v) is 13.2. The second-order valence-corrected chi connectivity index (χ2v) is 5.92. The molecule has 2 amide bonds. The van der Waals surface area contributed by atoms with E-state index in [1.165, 1.54) is 0 Å². The summed E-state index contributed by atoms with van der Waals surface area (Å²) in [5.41, 5.74) is 0. The number of halogens is 1. The molecule has 6 heteroatoms. The van der Waals surface area contributed by atoms with Gasteiger partial charge in [-0.25, -0.2) is 0 Å². The molecule has 2 fully saturated rings. The van der Waals surface area contributed by atoms with Gasteiger partial charge in [-0.2, -0.15) is 0 Å². The Kier molecular flexibility index (Phi) is 6.76. The van der Waals surface area contributed by atoms with Crippen molar-refractivity contribution in [1.82, 2.24) is 15.1 Å². The largest absolute Gasteiger partial charge is 0.339 e. The number of hydrogen-bond donors (Lipinski definition) is 1. The van der Waals surface area contributed by atoms with Crippen LogP contribution in [0.3, 0.4) is 0 Å². The lowest BCUT2D eigenvalue weighted by atomic mass is 10.0. The van der Waals surface area contributed by atoms with E-state index in [4.69, 9.17) is 0 Å². The summed E-state index contributed by atoms with van der Waals surface area (Å²) in [6.07, 6.45) is 1.77. The first-order valence-corrected chi connectivity index (χ1v) is 7.35. The molecular weight excluding hydrogens is 278 g/mol. The Morgan fingerprint density at radius 3 is 2.25 bits per heavy atom. The highest BCUT2D eigenvalue weighted by atomic mass is 35.5. The van der Waals surface area contributed by atoms with Gasteiger partial charge in [0.1, 0.15) is 0 Å². The van der Waals surface area contributed by atoms with Gasteiger partial charge in [-0.1, -0.05) is 13.8 Å². The maximum absolute atomic E-state index is 12.2. The van der Waals surface area contributed by atoms with Gasteiger partial charge in [0.25, 0.3) is 0 Å². The number of amides is 2. The van der Waals surface area contributed by atoms with Crippen LogP contribution in [-0.4, -0.2) is 60.9 Å². The quantitative estimate of drug-likeness (QED) is 0.836. The van der Waals surface area contributed by atoms with Crippen LogP contribution in [0.4, 0.5) is 0 Å². The SMILES string of the molecule is CC(C)C(=O)N1CCN(C(=O)CC2CCNC2)CC1.Cl. The molecule has 0 aromatic carbocycles. The number of carbonyl (C=O) groups is 2. The van der Waals surface area contributed by atoms with E-state index in [0.29, 0.717) is 38.5 Å². The molecule has 2 aliphatic heterocycles. The Morgan fingerprint density at radius 1 is 1.15 bits per heavy atom. The van der Waals surface area contributed by atoms with Crippen LogP contribution in [0.1, 0.15) is 26.7 Å². The first kappa shape index (κ1) is 17.2. The summed E-state index contributed by atoms with van der Waals surface area (Å²) in [5, 5.41) is 3.29. The molecule has 0 saturated carbocycles.